The third-order valence-corrected chi connectivity index (χ3v) is 13.4. The van der Waals surface area contributed by atoms with Crippen molar-refractivity contribution in [1.29, 1.82) is 0 Å². The number of carbonyl (C=O) groups is 1. The van der Waals surface area contributed by atoms with Gasteiger partial charge in [0.1, 0.15) is 0 Å². The van der Waals surface area contributed by atoms with Crippen LogP contribution in [0.1, 0.15) is 113 Å². The molecule has 9 atom stereocenters. The van der Waals surface area contributed by atoms with Crippen LogP contribution in [0, 0.1) is 56.2 Å². The van der Waals surface area contributed by atoms with E-state index in [-0.39, 0.29) is 39.1 Å². The van der Waals surface area contributed by atoms with Crippen LogP contribution in [-0.2, 0) is 4.79 Å². The maximum Gasteiger partial charge on any atom is 0.307 e. The van der Waals surface area contributed by atoms with E-state index >= 15 is 0 Å². The van der Waals surface area contributed by atoms with Crippen LogP contribution in [0.2, 0.25) is 0 Å². The van der Waals surface area contributed by atoms with Crippen molar-refractivity contribution in [3.05, 3.63) is 11.6 Å². The highest BCUT2D eigenvalue weighted by Crippen LogP contribution is 2.76. The Bertz CT molecular complexity index is 916. The van der Waals surface area contributed by atoms with Crippen molar-refractivity contribution in [1.82, 2.24) is 0 Å². The van der Waals surface area contributed by atoms with E-state index < -0.39 is 5.97 Å². The van der Waals surface area contributed by atoms with Gasteiger partial charge in [0, 0.05) is 5.41 Å². The molecule has 4 fully saturated rings. The summed E-state index contributed by atoms with van der Waals surface area (Å²) < 4.78 is 0. The predicted molar refractivity (Wildman–Crippen MR) is 137 cm³/mol. The van der Waals surface area contributed by atoms with Crippen LogP contribution in [0.25, 0.3) is 0 Å². The zero-order valence-corrected chi connectivity index (χ0v) is 23.1. The van der Waals surface area contributed by atoms with Crippen molar-refractivity contribution < 1.29 is 15.0 Å². The lowest BCUT2D eigenvalue weighted by atomic mass is 9.32. The lowest BCUT2D eigenvalue weighted by Gasteiger charge is -2.72. The van der Waals surface area contributed by atoms with E-state index in [1.54, 1.807) is 0 Å². The summed E-state index contributed by atoms with van der Waals surface area (Å²) in [4.78, 5) is 13.0. The first-order valence-corrected chi connectivity index (χ1v) is 14.1. The summed E-state index contributed by atoms with van der Waals surface area (Å²) in [7, 11) is 0. The molecule has 2 N–H and O–H groups in total. The number of aliphatic hydroxyl groups excluding tert-OH is 1. The summed E-state index contributed by atoms with van der Waals surface area (Å²) in [6, 6.07) is 0. The summed E-state index contributed by atoms with van der Waals surface area (Å²) in [5.41, 5.74) is 1.69. The molecule has 0 bridgehead atoms. The van der Waals surface area contributed by atoms with Crippen LogP contribution in [-0.4, -0.2) is 22.3 Å². The number of hydrogen-bond donors (Lipinski definition) is 2. The van der Waals surface area contributed by atoms with Crippen molar-refractivity contribution >= 4 is 5.97 Å². The predicted octanol–water partition coefficient (Wildman–Crippen LogP) is 7.48. The molecule has 0 spiro atoms. The van der Waals surface area contributed by atoms with E-state index in [1.807, 2.05) is 0 Å². The molecule has 0 amide bonds. The molecule has 0 heterocycles. The molecule has 5 aliphatic carbocycles. The highest BCUT2D eigenvalue weighted by Gasteiger charge is 2.71. The molecule has 192 valence electrons. The Kier molecular flexibility index (Phi) is 5.22. The molecule has 3 heteroatoms. The van der Waals surface area contributed by atoms with Crippen molar-refractivity contribution in [3.8, 4) is 0 Å². The summed E-state index contributed by atoms with van der Waals surface area (Å²) in [6.45, 7) is 19.2. The van der Waals surface area contributed by atoms with E-state index in [0.717, 1.165) is 44.9 Å². The Morgan fingerprint density at radius 2 is 1.56 bits per heavy atom. The van der Waals surface area contributed by atoms with Gasteiger partial charge in [-0.05, 0) is 103 Å². The first-order chi connectivity index (χ1) is 15.5. The number of hydrogen-bond acceptors (Lipinski definition) is 2. The van der Waals surface area contributed by atoms with E-state index in [2.05, 4.69) is 61.5 Å². The normalized spacial score (nSPS) is 53.4. The molecule has 0 radical (unpaired) electrons. The van der Waals surface area contributed by atoms with E-state index in [4.69, 9.17) is 0 Å². The largest absolute Gasteiger partial charge is 0.481 e. The molecule has 0 saturated heterocycles. The van der Waals surface area contributed by atoms with Crippen LogP contribution in [0.5, 0.6) is 0 Å². The minimum atomic E-state index is -0.577. The number of allylic oxidation sites excluding steroid dienone is 2. The second-order valence-corrected chi connectivity index (χ2v) is 15.7. The minimum absolute atomic E-state index is 0.0211. The van der Waals surface area contributed by atoms with Crippen LogP contribution < -0.4 is 0 Å². The molecule has 2 unspecified atom stereocenters. The quantitative estimate of drug-likeness (QED) is 0.391. The highest BCUT2D eigenvalue weighted by atomic mass is 16.4. The van der Waals surface area contributed by atoms with Gasteiger partial charge in [-0.1, -0.05) is 67.0 Å². The van der Waals surface area contributed by atoms with Gasteiger partial charge in [0.05, 0.1) is 12.0 Å². The average molecular weight is 471 g/mol. The lowest BCUT2D eigenvalue weighted by molar-refractivity contribution is -0.216. The summed E-state index contributed by atoms with van der Waals surface area (Å²) in [6.07, 6.45) is 11.9. The summed E-state index contributed by atoms with van der Waals surface area (Å²) >= 11 is 0. The fraction of sp³-hybridized carbons (Fsp3) is 0.903. The van der Waals surface area contributed by atoms with E-state index in [0.29, 0.717) is 23.2 Å². The topological polar surface area (TPSA) is 57.5 Å². The van der Waals surface area contributed by atoms with Crippen LogP contribution in [0.3, 0.4) is 0 Å². The molecule has 34 heavy (non-hydrogen) atoms. The van der Waals surface area contributed by atoms with Gasteiger partial charge in [-0.25, -0.2) is 0 Å². The molecule has 5 rings (SSSR count). The van der Waals surface area contributed by atoms with Gasteiger partial charge in [0.15, 0.2) is 0 Å². The van der Waals surface area contributed by atoms with Crippen molar-refractivity contribution in [2.45, 2.75) is 119 Å². The average Bonchev–Trinajstić information content (AvgIpc) is 2.72. The Balaban J connectivity index is 1.66. The molecule has 0 aliphatic heterocycles. The first kappa shape index (κ1) is 24.8. The highest BCUT2D eigenvalue weighted by molar-refractivity contribution is 5.73. The number of rotatable bonds is 1. The van der Waals surface area contributed by atoms with Gasteiger partial charge in [-0.2, -0.15) is 0 Å². The van der Waals surface area contributed by atoms with Crippen LogP contribution in [0.15, 0.2) is 11.6 Å². The molecule has 3 nitrogen and oxygen atoms in total. The maximum absolute atomic E-state index is 13.0. The number of fused-ring (bicyclic) bond motifs is 7. The number of aliphatic hydroxyl groups is 1. The molecule has 5 aliphatic rings. The van der Waals surface area contributed by atoms with Crippen molar-refractivity contribution in [2.24, 2.45) is 56.2 Å². The number of carboxylic acids is 1. The van der Waals surface area contributed by atoms with E-state index in [1.165, 1.54) is 18.4 Å². The van der Waals surface area contributed by atoms with Gasteiger partial charge >= 0.3 is 5.97 Å². The molecule has 0 aromatic rings. The molecule has 0 aromatic carbocycles. The Hall–Kier alpha value is -0.830. The third-order valence-electron chi connectivity index (χ3n) is 13.4. The van der Waals surface area contributed by atoms with Crippen LogP contribution in [0.4, 0.5) is 0 Å². The monoisotopic (exact) mass is 470 g/mol. The zero-order chi connectivity index (χ0) is 25.1. The molecular weight excluding hydrogens is 420 g/mol. The van der Waals surface area contributed by atoms with E-state index in [9.17, 15) is 15.0 Å². The third kappa shape index (κ3) is 2.94. The fourth-order valence-corrected chi connectivity index (χ4v) is 11.0. The fourth-order valence-electron chi connectivity index (χ4n) is 11.0. The first-order valence-electron chi connectivity index (χ1n) is 14.1. The van der Waals surface area contributed by atoms with Gasteiger partial charge < -0.3 is 10.2 Å². The SMILES string of the molecule is CC1(C)CC[C@]2(C)C[C@@H](C(=O)O)[C@]3(C)C(=CCC4[C@@]5(C)CC[C@H](O)C(C)(C)C5CC[C@]43C)[C@@H]2C1. The van der Waals surface area contributed by atoms with Crippen LogP contribution >= 0.6 is 0 Å². The second kappa shape index (κ2) is 7.14. The molecule has 4 saturated carbocycles. The van der Waals surface area contributed by atoms with Gasteiger partial charge in [0.2, 0.25) is 0 Å². The molecular formula is C31H50O3. The van der Waals surface area contributed by atoms with Gasteiger partial charge in [-0.15, -0.1) is 0 Å². The standard InChI is InChI=1S/C31H50O3/c1-26(2)15-16-28(5)18-21(25(33)34)31(8)19(20(28)17-26)9-10-23-29(6)13-12-24(32)27(3,4)22(29)11-14-30(23,31)7/h9,20-24,32H,10-18H2,1-8H3,(H,33,34)/t20-,21-,22?,23?,24-,28+,29-,30+,31-/m0/s1. The summed E-state index contributed by atoms with van der Waals surface area (Å²) in [5, 5.41) is 21.6. The second-order valence-electron chi connectivity index (χ2n) is 15.7. The Morgan fingerprint density at radius 3 is 2.21 bits per heavy atom. The summed E-state index contributed by atoms with van der Waals surface area (Å²) in [5.74, 6) is 0.584. The molecule has 0 aromatic heterocycles. The number of carboxylic acid groups (broad SMARTS) is 1. The number of aliphatic carboxylic acids is 1. The van der Waals surface area contributed by atoms with Gasteiger partial charge in [-0.3, -0.25) is 4.79 Å². The van der Waals surface area contributed by atoms with Crippen molar-refractivity contribution in [2.75, 3.05) is 0 Å². The van der Waals surface area contributed by atoms with Gasteiger partial charge in [0.25, 0.3) is 0 Å². The minimum Gasteiger partial charge on any atom is -0.481 e. The maximum atomic E-state index is 13.0. The van der Waals surface area contributed by atoms with Crippen molar-refractivity contribution in [3.63, 3.8) is 0 Å². The smallest absolute Gasteiger partial charge is 0.307 e. The zero-order valence-electron chi connectivity index (χ0n) is 23.1. The Labute approximate surface area is 208 Å². The lowest BCUT2D eigenvalue weighted by Crippen LogP contribution is -2.67. The Morgan fingerprint density at radius 1 is 0.882 bits per heavy atom.